The van der Waals surface area contributed by atoms with Gasteiger partial charge in [0, 0.05) is 0 Å². The van der Waals surface area contributed by atoms with Crippen molar-refractivity contribution in [2.24, 2.45) is 0 Å². The number of rotatable bonds is 9. The van der Waals surface area contributed by atoms with Gasteiger partial charge in [0.15, 0.2) is 0 Å². The Morgan fingerprint density at radius 2 is 1.90 bits per heavy atom. The number of ether oxygens (including phenoxy) is 1. The van der Waals surface area contributed by atoms with E-state index in [-0.39, 0.29) is 18.5 Å². The van der Waals surface area contributed by atoms with Crippen molar-refractivity contribution < 1.29 is 19.0 Å². The molecule has 4 heteroatoms. The van der Waals surface area contributed by atoms with Crippen LogP contribution in [0, 0.1) is 5.82 Å². The number of aliphatic hydroxyl groups is 1. The van der Waals surface area contributed by atoms with E-state index in [1.54, 1.807) is 0 Å². The fraction of sp³-hybridized carbons (Fsp3) is 0.588. The summed E-state index contributed by atoms with van der Waals surface area (Å²) in [4.78, 5) is 12.2. The highest BCUT2D eigenvalue weighted by Crippen LogP contribution is 2.20. The van der Waals surface area contributed by atoms with E-state index in [0.29, 0.717) is 5.56 Å². The fourth-order valence-electron chi connectivity index (χ4n) is 2.23. The van der Waals surface area contributed by atoms with Gasteiger partial charge in [-0.2, -0.15) is 0 Å². The molecule has 0 saturated carbocycles. The Morgan fingerprint density at radius 1 is 1.24 bits per heavy atom. The first-order valence-electron chi connectivity index (χ1n) is 7.69. The molecule has 0 aliphatic heterocycles. The topological polar surface area (TPSA) is 46.5 Å². The zero-order chi connectivity index (χ0) is 15.7. The van der Waals surface area contributed by atoms with Crippen LogP contribution in [0.3, 0.4) is 0 Å². The molecule has 0 bridgehead atoms. The van der Waals surface area contributed by atoms with Gasteiger partial charge in [-0.1, -0.05) is 38.8 Å². The largest absolute Gasteiger partial charge is 0.462 e. The molecule has 2 atom stereocenters. The van der Waals surface area contributed by atoms with Crippen LogP contribution in [0.5, 0.6) is 0 Å². The molecule has 1 rings (SSSR count). The van der Waals surface area contributed by atoms with Gasteiger partial charge in [-0.05, 0) is 37.0 Å². The van der Waals surface area contributed by atoms with Crippen LogP contribution >= 0.6 is 0 Å². The van der Waals surface area contributed by atoms with Gasteiger partial charge in [-0.3, -0.25) is 4.79 Å². The summed E-state index contributed by atoms with van der Waals surface area (Å²) in [6.45, 7) is 3.77. The van der Waals surface area contributed by atoms with E-state index < -0.39 is 11.9 Å². The highest BCUT2D eigenvalue weighted by molar-refractivity contribution is 5.78. The molecular weight excluding hydrogens is 271 g/mol. The number of hydrogen-bond acceptors (Lipinski definition) is 3. The predicted octanol–water partition coefficient (Wildman–Crippen LogP) is 3.80. The van der Waals surface area contributed by atoms with E-state index in [0.717, 1.165) is 32.1 Å². The van der Waals surface area contributed by atoms with Crippen LogP contribution < -0.4 is 0 Å². The summed E-state index contributed by atoms with van der Waals surface area (Å²) in [7, 11) is 0. The van der Waals surface area contributed by atoms with Crippen LogP contribution in [0.2, 0.25) is 0 Å². The molecule has 0 heterocycles. The van der Waals surface area contributed by atoms with Crippen molar-refractivity contribution in [3.8, 4) is 0 Å². The van der Waals surface area contributed by atoms with Crippen LogP contribution in [0.25, 0.3) is 0 Å². The van der Waals surface area contributed by atoms with Gasteiger partial charge in [-0.25, -0.2) is 4.39 Å². The standard InChI is InChI=1S/C17H25FO3/c1-3-5-6-7-15(4-2)21-17(20)16(12-19)13-8-10-14(18)11-9-13/h8-11,15-16,19H,3-7,12H2,1-2H3. The van der Waals surface area contributed by atoms with Crippen molar-refractivity contribution in [2.75, 3.05) is 6.61 Å². The maximum Gasteiger partial charge on any atom is 0.316 e. The van der Waals surface area contributed by atoms with E-state index in [4.69, 9.17) is 4.74 Å². The number of benzene rings is 1. The van der Waals surface area contributed by atoms with Gasteiger partial charge in [0.1, 0.15) is 17.8 Å². The Labute approximate surface area is 126 Å². The molecule has 0 aromatic heterocycles. The van der Waals surface area contributed by atoms with E-state index in [2.05, 4.69) is 6.92 Å². The van der Waals surface area contributed by atoms with Gasteiger partial charge in [-0.15, -0.1) is 0 Å². The Balaban J connectivity index is 2.63. The summed E-state index contributed by atoms with van der Waals surface area (Å²) in [6.07, 6.45) is 4.77. The highest BCUT2D eigenvalue weighted by Gasteiger charge is 2.24. The monoisotopic (exact) mass is 296 g/mol. The van der Waals surface area contributed by atoms with Crippen molar-refractivity contribution >= 4 is 5.97 Å². The maximum atomic E-state index is 12.9. The molecule has 0 saturated heterocycles. The van der Waals surface area contributed by atoms with Crippen molar-refractivity contribution in [1.29, 1.82) is 0 Å². The van der Waals surface area contributed by atoms with Gasteiger partial charge in [0.05, 0.1) is 6.61 Å². The lowest BCUT2D eigenvalue weighted by Crippen LogP contribution is -2.25. The minimum absolute atomic E-state index is 0.112. The Hall–Kier alpha value is -1.42. The van der Waals surface area contributed by atoms with Crippen LogP contribution in [0.4, 0.5) is 4.39 Å². The summed E-state index contributed by atoms with van der Waals surface area (Å²) in [5.74, 6) is -1.55. The minimum Gasteiger partial charge on any atom is -0.462 e. The smallest absolute Gasteiger partial charge is 0.316 e. The summed E-state index contributed by atoms with van der Waals surface area (Å²) in [5.41, 5.74) is 0.576. The molecule has 1 N–H and O–H groups in total. The van der Waals surface area contributed by atoms with Gasteiger partial charge in [0.25, 0.3) is 0 Å². The zero-order valence-corrected chi connectivity index (χ0v) is 12.8. The number of aliphatic hydroxyl groups excluding tert-OH is 1. The molecule has 1 aromatic carbocycles. The molecule has 0 radical (unpaired) electrons. The molecule has 0 fully saturated rings. The van der Waals surface area contributed by atoms with Crippen LogP contribution in [-0.2, 0) is 9.53 Å². The van der Waals surface area contributed by atoms with Crippen LogP contribution in [0.1, 0.15) is 57.4 Å². The summed E-state index contributed by atoms with van der Waals surface area (Å²) >= 11 is 0. The first-order valence-corrected chi connectivity index (χ1v) is 7.69. The molecule has 2 unspecified atom stereocenters. The average Bonchev–Trinajstić information content (AvgIpc) is 2.49. The Bertz CT molecular complexity index is 417. The highest BCUT2D eigenvalue weighted by atomic mass is 19.1. The van der Waals surface area contributed by atoms with E-state index in [9.17, 15) is 14.3 Å². The second-order valence-corrected chi connectivity index (χ2v) is 5.25. The van der Waals surface area contributed by atoms with E-state index >= 15 is 0 Å². The SMILES string of the molecule is CCCCCC(CC)OC(=O)C(CO)c1ccc(F)cc1. The third-order valence-corrected chi connectivity index (χ3v) is 3.61. The first kappa shape index (κ1) is 17.6. The lowest BCUT2D eigenvalue weighted by atomic mass is 10.00. The number of carbonyl (C=O) groups is 1. The lowest BCUT2D eigenvalue weighted by Gasteiger charge is -2.20. The van der Waals surface area contributed by atoms with E-state index in [1.807, 2.05) is 6.92 Å². The normalized spacial score (nSPS) is 13.7. The van der Waals surface area contributed by atoms with Crippen molar-refractivity contribution in [2.45, 2.75) is 58.0 Å². The van der Waals surface area contributed by atoms with Gasteiger partial charge < -0.3 is 9.84 Å². The molecule has 0 aliphatic carbocycles. The minimum atomic E-state index is -0.745. The summed E-state index contributed by atoms with van der Waals surface area (Å²) in [6, 6.07) is 5.58. The molecule has 118 valence electrons. The Morgan fingerprint density at radius 3 is 2.43 bits per heavy atom. The summed E-state index contributed by atoms with van der Waals surface area (Å²) < 4.78 is 18.4. The first-order chi connectivity index (χ1) is 10.1. The molecule has 0 spiro atoms. The molecule has 0 aliphatic rings. The second kappa shape index (κ2) is 9.50. The van der Waals surface area contributed by atoms with Gasteiger partial charge >= 0.3 is 5.97 Å². The number of esters is 1. The third kappa shape index (κ3) is 5.84. The molecule has 3 nitrogen and oxygen atoms in total. The number of carbonyl (C=O) groups excluding carboxylic acids is 1. The molecule has 0 amide bonds. The predicted molar refractivity (Wildman–Crippen MR) is 80.5 cm³/mol. The van der Waals surface area contributed by atoms with Crippen molar-refractivity contribution in [1.82, 2.24) is 0 Å². The molecular formula is C17H25FO3. The molecule has 1 aromatic rings. The van der Waals surface area contributed by atoms with Crippen LogP contribution in [0.15, 0.2) is 24.3 Å². The van der Waals surface area contributed by atoms with Crippen molar-refractivity contribution in [3.63, 3.8) is 0 Å². The fourth-order valence-corrected chi connectivity index (χ4v) is 2.23. The maximum absolute atomic E-state index is 12.9. The van der Waals surface area contributed by atoms with Crippen LogP contribution in [-0.4, -0.2) is 23.8 Å². The van der Waals surface area contributed by atoms with E-state index in [1.165, 1.54) is 24.3 Å². The quantitative estimate of drug-likeness (QED) is 0.557. The lowest BCUT2D eigenvalue weighted by molar-refractivity contribution is -0.152. The Kier molecular flexibility index (Phi) is 7.98. The number of halogens is 1. The summed E-state index contributed by atoms with van der Waals surface area (Å²) in [5, 5.41) is 9.42. The number of unbranched alkanes of at least 4 members (excludes halogenated alkanes) is 2. The second-order valence-electron chi connectivity index (χ2n) is 5.25. The molecule has 21 heavy (non-hydrogen) atoms. The zero-order valence-electron chi connectivity index (χ0n) is 12.8. The third-order valence-electron chi connectivity index (χ3n) is 3.61. The average molecular weight is 296 g/mol. The van der Waals surface area contributed by atoms with Gasteiger partial charge in [0.2, 0.25) is 0 Å². The number of hydrogen-bond donors (Lipinski definition) is 1. The van der Waals surface area contributed by atoms with Crippen molar-refractivity contribution in [3.05, 3.63) is 35.6 Å².